The molecule has 2 amide bonds. The topological polar surface area (TPSA) is 88.7 Å². The summed E-state index contributed by atoms with van der Waals surface area (Å²) in [6, 6.07) is 21.8. The standard InChI is InChI=1S/C35H32N2O5S2/c1-17-8-11-21(12-9-17)37-33(38)28-22-15-23(29(28)34(37)39)30-27(22)26(31-32(43-30)36-35(40)44-31)19-10-13-24(25(14-19)41-3)42-16-20-7-5-4-6-18(20)2/h4-14,22-23,26-30H,15-16H2,1-3H3,(H,36,40)/t22?,23?,26-,27?,28?,29?,30?/m1/s1. The maximum absolute atomic E-state index is 14.0. The van der Waals surface area contributed by atoms with Crippen LogP contribution in [-0.2, 0) is 16.2 Å². The predicted octanol–water partition coefficient (Wildman–Crippen LogP) is 6.32. The van der Waals surface area contributed by atoms with E-state index in [1.54, 1.807) is 18.9 Å². The first-order valence-electron chi connectivity index (χ1n) is 15.0. The average molecular weight is 625 g/mol. The highest BCUT2D eigenvalue weighted by Gasteiger charge is 2.69. The lowest BCUT2D eigenvalue weighted by molar-refractivity contribution is -0.123. The average Bonchev–Trinajstić information content (AvgIpc) is 3.76. The van der Waals surface area contributed by atoms with Gasteiger partial charge in [0.25, 0.3) is 0 Å². The van der Waals surface area contributed by atoms with Gasteiger partial charge in [-0.15, -0.1) is 11.8 Å². The Morgan fingerprint density at radius 1 is 0.909 bits per heavy atom. The number of H-pyrrole nitrogens is 1. The first-order chi connectivity index (χ1) is 21.3. The molecule has 224 valence electrons. The van der Waals surface area contributed by atoms with Crippen LogP contribution in [0.2, 0.25) is 0 Å². The normalized spacial score (nSPS) is 28.2. The number of anilines is 1. The van der Waals surface area contributed by atoms with E-state index in [4.69, 9.17) is 9.47 Å². The summed E-state index contributed by atoms with van der Waals surface area (Å²) in [5.41, 5.74) is 5.05. The van der Waals surface area contributed by atoms with Crippen molar-refractivity contribution in [2.45, 2.75) is 43.1 Å². The number of imide groups is 1. The lowest BCUT2D eigenvalue weighted by atomic mass is 9.68. The van der Waals surface area contributed by atoms with Crippen molar-refractivity contribution < 1.29 is 19.1 Å². The highest BCUT2D eigenvalue weighted by atomic mass is 32.2. The summed E-state index contributed by atoms with van der Waals surface area (Å²) in [7, 11) is 1.64. The van der Waals surface area contributed by atoms with Crippen LogP contribution in [0.4, 0.5) is 5.69 Å². The molecule has 1 N–H and O–H groups in total. The van der Waals surface area contributed by atoms with Crippen LogP contribution in [0, 0.1) is 43.4 Å². The molecule has 44 heavy (non-hydrogen) atoms. The number of aryl methyl sites for hydroxylation is 2. The van der Waals surface area contributed by atoms with Crippen molar-refractivity contribution in [2.24, 2.45) is 29.6 Å². The Labute approximate surface area is 263 Å². The largest absolute Gasteiger partial charge is 0.493 e. The lowest BCUT2D eigenvalue weighted by Gasteiger charge is -2.43. The minimum atomic E-state index is -0.339. The summed E-state index contributed by atoms with van der Waals surface area (Å²) in [5, 5.41) is 1.02. The van der Waals surface area contributed by atoms with E-state index in [1.165, 1.54) is 21.8 Å². The number of aromatic nitrogens is 1. The Morgan fingerprint density at radius 2 is 1.66 bits per heavy atom. The first-order valence-corrected chi connectivity index (χ1v) is 16.7. The Balaban J connectivity index is 1.15. The van der Waals surface area contributed by atoms with Crippen molar-refractivity contribution in [3.05, 3.63) is 104 Å². The fourth-order valence-electron chi connectivity index (χ4n) is 8.26. The summed E-state index contributed by atoms with van der Waals surface area (Å²) < 4.78 is 12.1. The molecule has 1 aromatic heterocycles. The van der Waals surface area contributed by atoms with Gasteiger partial charge < -0.3 is 14.5 Å². The van der Waals surface area contributed by atoms with Crippen molar-refractivity contribution in [1.29, 1.82) is 0 Å². The smallest absolute Gasteiger partial charge is 0.305 e. The summed E-state index contributed by atoms with van der Waals surface area (Å²) in [5.74, 6) is 0.622. The number of methoxy groups -OCH3 is 1. The van der Waals surface area contributed by atoms with Crippen LogP contribution in [0.25, 0.3) is 0 Å². The molecule has 4 aromatic rings. The van der Waals surface area contributed by atoms with Gasteiger partial charge in [0, 0.05) is 16.0 Å². The van der Waals surface area contributed by atoms with E-state index < -0.39 is 0 Å². The Kier molecular flexibility index (Phi) is 6.54. The number of benzene rings is 3. The van der Waals surface area contributed by atoms with Crippen LogP contribution < -0.4 is 19.2 Å². The van der Waals surface area contributed by atoms with Crippen LogP contribution in [-0.4, -0.2) is 29.2 Å². The number of rotatable bonds is 6. The van der Waals surface area contributed by atoms with Gasteiger partial charge in [-0.05, 0) is 79.0 Å². The van der Waals surface area contributed by atoms with E-state index in [2.05, 4.69) is 30.1 Å². The number of carbonyl (C=O) groups excluding carboxylic acids is 2. The fraction of sp³-hybridized carbons (Fsp3) is 0.343. The van der Waals surface area contributed by atoms with E-state index in [9.17, 15) is 14.4 Å². The SMILES string of the molecule is COc1cc([C@H]2c3sc(=O)[nH]c3SC3C4CC(C5C(=O)N(c6ccc(C)cc6)C(=O)C45)C32)ccc1OCc1ccccc1C. The molecular formula is C35H32N2O5S2. The molecule has 3 fully saturated rings. The third-order valence-corrected chi connectivity index (χ3v) is 12.8. The molecule has 0 spiro atoms. The van der Waals surface area contributed by atoms with Gasteiger partial charge in [-0.3, -0.25) is 19.3 Å². The second kappa shape index (κ2) is 10.4. The summed E-state index contributed by atoms with van der Waals surface area (Å²) in [6.45, 7) is 4.49. The van der Waals surface area contributed by atoms with E-state index in [0.29, 0.717) is 23.8 Å². The Hall–Kier alpha value is -3.82. The first kappa shape index (κ1) is 27.7. The molecule has 7 atom stereocenters. The summed E-state index contributed by atoms with van der Waals surface area (Å²) in [6.07, 6.45) is 0.849. The molecule has 9 heteroatoms. The molecule has 2 aliphatic carbocycles. The summed E-state index contributed by atoms with van der Waals surface area (Å²) in [4.78, 5) is 46.0. The third-order valence-electron chi connectivity index (χ3n) is 10.2. The van der Waals surface area contributed by atoms with Crippen LogP contribution >= 0.6 is 23.1 Å². The predicted molar refractivity (Wildman–Crippen MR) is 171 cm³/mol. The van der Waals surface area contributed by atoms with Gasteiger partial charge in [-0.1, -0.05) is 59.4 Å². The van der Waals surface area contributed by atoms with Crippen molar-refractivity contribution in [3.63, 3.8) is 0 Å². The quantitative estimate of drug-likeness (QED) is 0.253. The highest BCUT2D eigenvalue weighted by molar-refractivity contribution is 8.00. The van der Waals surface area contributed by atoms with Crippen LogP contribution in [0.1, 0.15) is 39.5 Å². The van der Waals surface area contributed by atoms with Crippen molar-refractivity contribution in [3.8, 4) is 11.5 Å². The zero-order valence-electron chi connectivity index (χ0n) is 24.6. The molecule has 8 rings (SSSR count). The molecule has 2 saturated carbocycles. The Bertz CT molecular complexity index is 1860. The van der Waals surface area contributed by atoms with Gasteiger partial charge in [0.05, 0.1) is 29.7 Å². The molecule has 4 aliphatic rings. The van der Waals surface area contributed by atoms with Crippen LogP contribution in [0.5, 0.6) is 11.5 Å². The number of ether oxygens (including phenoxy) is 2. The van der Waals surface area contributed by atoms with E-state index in [0.717, 1.165) is 33.0 Å². The molecule has 2 aliphatic heterocycles. The van der Waals surface area contributed by atoms with Crippen molar-refractivity contribution in [1.82, 2.24) is 4.98 Å². The van der Waals surface area contributed by atoms with Gasteiger partial charge in [0.15, 0.2) is 11.5 Å². The van der Waals surface area contributed by atoms with Crippen LogP contribution in [0.3, 0.4) is 0 Å². The molecular weight excluding hydrogens is 593 g/mol. The minimum Gasteiger partial charge on any atom is -0.493 e. The number of nitrogens with zero attached hydrogens (tertiary/aromatic N) is 1. The molecule has 0 radical (unpaired) electrons. The molecule has 2 bridgehead atoms. The number of fused-ring (bicyclic) bond motifs is 9. The number of aromatic amines is 1. The van der Waals surface area contributed by atoms with E-state index in [1.807, 2.05) is 55.5 Å². The lowest BCUT2D eigenvalue weighted by Crippen LogP contribution is -2.42. The second-order valence-electron chi connectivity index (χ2n) is 12.4. The zero-order valence-corrected chi connectivity index (χ0v) is 26.2. The number of hydrogen-bond acceptors (Lipinski definition) is 7. The minimum absolute atomic E-state index is 0.0488. The zero-order chi connectivity index (χ0) is 30.3. The Morgan fingerprint density at radius 3 is 2.41 bits per heavy atom. The van der Waals surface area contributed by atoms with Gasteiger partial charge in [-0.2, -0.15) is 0 Å². The molecule has 1 saturated heterocycles. The van der Waals surface area contributed by atoms with Gasteiger partial charge in [-0.25, -0.2) is 0 Å². The number of carbonyl (C=O) groups is 2. The number of amides is 2. The summed E-state index contributed by atoms with van der Waals surface area (Å²) >= 11 is 2.95. The number of nitrogens with one attached hydrogen (secondary N) is 1. The maximum atomic E-state index is 14.0. The number of thioether (sulfide) groups is 1. The van der Waals surface area contributed by atoms with Gasteiger partial charge in [0.2, 0.25) is 11.8 Å². The second-order valence-corrected chi connectivity index (χ2v) is 14.6. The van der Waals surface area contributed by atoms with E-state index in [-0.39, 0.29) is 57.4 Å². The molecule has 6 unspecified atom stereocenters. The molecule has 3 aromatic carbocycles. The van der Waals surface area contributed by atoms with Crippen LogP contribution in [0.15, 0.2) is 76.6 Å². The fourth-order valence-corrected chi connectivity index (χ4v) is 11.2. The van der Waals surface area contributed by atoms with Gasteiger partial charge in [0.1, 0.15) is 6.61 Å². The van der Waals surface area contributed by atoms with Crippen molar-refractivity contribution in [2.75, 3.05) is 12.0 Å². The van der Waals surface area contributed by atoms with Gasteiger partial charge >= 0.3 is 4.87 Å². The maximum Gasteiger partial charge on any atom is 0.305 e. The monoisotopic (exact) mass is 624 g/mol. The van der Waals surface area contributed by atoms with Crippen molar-refractivity contribution >= 4 is 40.6 Å². The number of hydrogen-bond donors (Lipinski definition) is 1. The van der Waals surface area contributed by atoms with E-state index >= 15 is 0 Å². The molecule has 3 heterocycles. The third kappa shape index (κ3) is 4.12. The highest BCUT2D eigenvalue weighted by Crippen LogP contribution is 2.68. The number of thiazole rings is 1. The molecule has 7 nitrogen and oxygen atoms in total.